The molecule has 0 unspecified atom stereocenters. The van der Waals surface area contributed by atoms with E-state index in [9.17, 15) is 18.7 Å². The number of nitrogens with zero attached hydrogens (tertiary/aromatic N) is 4. The van der Waals surface area contributed by atoms with Gasteiger partial charge in [-0.1, -0.05) is 24.3 Å². The molecule has 2 N–H and O–H groups in total. The highest BCUT2D eigenvalue weighted by Gasteiger charge is 2.33. The van der Waals surface area contributed by atoms with E-state index in [0.29, 0.717) is 43.4 Å². The molecule has 2 aliphatic heterocycles. The molecule has 2 aliphatic rings. The number of rotatable bonds is 5. The molecule has 34 heavy (non-hydrogen) atoms. The second kappa shape index (κ2) is 9.20. The van der Waals surface area contributed by atoms with Gasteiger partial charge in [-0.2, -0.15) is 5.06 Å². The number of halogens is 2. The molecule has 2 saturated heterocycles. The van der Waals surface area contributed by atoms with Crippen LogP contribution in [0.1, 0.15) is 36.1 Å². The van der Waals surface area contributed by atoms with Crippen LogP contribution in [0.4, 0.5) is 30.9 Å². The largest absolute Gasteiger partial charge is 0.463 e. The molecule has 2 fully saturated rings. The Kier molecular flexibility index (Phi) is 5.95. The lowest BCUT2D eigenvalue weighted by atomic mass is 10.0. The topological polar surface area (TPSA) is 100 Å². The van der Waals surface area contributed by atoms with Gasteiger partial charge in [-0.25, -0.2) is 28.6 Å². The molecule has 0 aliphatic carbocycles. The lowest BCUT2D eigenvalue weighted by Gasteiger charge is -2.24. The zero-order chi connectivity index (χ0) is 23.7. The maximum atomic E-state index is 14.4. The molecule has 2 atom stereocenters. The number of carboxylic acid groups (broad SMARTS) is 1. The summed E-state index contributed by atoms with van der Waals surface area (Å²) in [7, 11) is 0. The van der Waals surface area contributed by atoms with Crippen molar-refractivity contribution >= 4 is 23.4 Å². The first kappa shape index (κ1) is 22.0. The molecule has 0 radical (unpaired) electrons. The van der Waals surface area contributed by atoms with Crippen molar-refractivity contribution in [3.8, 4) is 0 Å². The van der Waals surface area contributed by atoms with E-state index in [-0.39, 0.29) is 5.56 Å². The predicted octanol–water partition coefficient (Wildman–Crippen LogP) is 4.74. The van der Waals surface area contributed by atoms with E-state index in [1.807, 2.05) is 24.3 Å². The Bertz CT molecular complexity index is 1210. The average Bonchev–Trinajstić information content (AvgIpc) is 3.51. The van der Waals surface area contributed by atoms with Crippen LogP contribution < -0.4 is 10.4 Å². The number of carbonyl (C=O) groups is 1. The summed E-state index contributed by atoms with van der Waals surface area (Å²) in [6.45, 7) is 0.659. The Hall–Kier alpha value is -3.83. The third-order valence-electron chi connectivity index (χ3n) is 5.76. The van der Waals surface area contributed by atoms with E-state index in [1.54, 1.807) is 6.07 Å². The molecule has 1 amide bonds. The average molecular weight is 469 g/mol. The SMILES string of the molecule is O=C(O)N1OCC[C@@H]1c1cccc(Nc2cc(N3OCC[C@@H]3c3cccc(F)c3F)ncn2)c1. The summed E-state index contributed by atoms with van der Waals surface area (Å²) in [5.41, 5.74) is 1.67. The molecule has 1 aromatic heterocycles. The van der Waals surface area contributed by atoms with Crippen LogP contribution in [0.25, 0.3) is 0 Å². The third kappa shape index (κ3) is 4.22. The molecule has 9 nitrogen and oxygen atoms in total. The Balaban J connectivity index is 1.37. The van der Waals surface area contributed by atoms with Crippen LogP contribution in [-0.4, -0.2) is 39.4 Å². The van der Waals surface area contributed by atoms with Crippen molar-refractivity contribution in [2.45, 2.75) is 24.9 Å². The summed E-state index contributed by atoms with van der Waals surface area (Å²) in [5.74, 6) is -0.975. The fraction of sp³-hybridized carbons (Fsp3) is 0.261. The zero-order valence-electron chi connectivity index (χ0n) is 17.9. The molecule has 176 valence electrons. The molecule has 0 saturated carbocycles. The minimum absolute atomic E-state index is 0.195. The van der Waals surface area contributed by atoms with Crippen LogP contribution in [0, 0.1) is 11.6 Å². The van der Waals surface area contributed by atoms with Gasteiger partial charge in [0.25, 0.3) is 0 Å². The van der Waals surface area contributed by atoms with Gasteiger partial charge in [0.2, 0.25) is 0 Å². The van der Waals surface area contributed by atoms with E-state index in [4.69, 9.17) is 9.68 Å². The van der Waals surface area contributed by atoms with Crippen LogP contribution in [0.3, 0.4) is 0 Å². The Morgan fingerprint density at radius 1 is 1.03 bits per heavy atom. The van der Waals surface area contributed by atoms with Gasteiger partial charge >= 0.3 is 6.09 Å². The van der Waals surface area contributed by atoms with Crippen molar-refractivity contribution in [1.29, 1.82) is 0 Å². The van der Waals surface area contributed by atoms with Gasteiger partial charge in [-0.3, -0.25) is 9.68 Å². The molecule has 0 spiro atoms. The molecular formula is C23H21F2N5O4. The number of benzene rings is 2. The van der Waals surface area contributed by atoms with Crippen molar-refractivity contribution in [2.24, 2.45) is 0 Å². The van der Waals surface area contributed by atoms with Crippen molar-refractivity contribution < 1.29 is 28.4 Å². The maximum absolute atomic E-state index is 14.4. The van der Waals surface area contributed by atoms with Crippen LogP contribution in [0.2, 0.25) is 0 Å². The minimum Gasteiger partial charge on any atom is -0.463 e. The molecule has 0 bridgehead atoms. The monoisotopic (exact) mass is 469 g/mol. The molecular weight excluding hydrogens is 448 g/mol. The predicted molar refractivity (Wildman–Crippen MR) is 117 cm³/mol. The van der Waals surface area contributed by atoms with Crippen molar-refractivity contribution in [2.75, 3.05) is 23.6 Å². The molecule has 3 aromatic rings. The van der Waals surface area contributed by atoms with Crippen LogP contribution in [0.5, 0.6) is 0 Å². The Labute approximate surface area is 193 Å². The van der Waals surface area contributed by atoms with Gasteiger partial charge in [0.15, 0.2) is 17.5 Å². The van der Waals surface area contributed by atoms with E-state index >= 15 is 0 Å². The standard InChI is InChI=1S/C23H21F2N5O4/c24-17-6-2-5-16(22(17)25)19-8-10-33-29(19)21-12-20(26-13-27-21)28-15-4-1-3-14(11-15)18-7-9-34-30(18)23(31)32/h1-6,11-13,18-19H,7-10H2,(H,31,32)(H,26,27,28)/t18-,19-/m1/s1. The number of hydroxylamine groups is 3. The Morgan fingerprint density at radius 3 is 2.68 bits per heavy atom. The third-order valence-corrected chi connectivity index (χ3v) is 5.76. The smallest absolute Gasteiger partial charge is 0.432 e. The summed E-state index contributed by atoms with van der Waals surface area (Å²) in [5, 5.41) is 14.9. The fourth-order valence-electron chi connectivity index (χ4n) is 4.22. The second-order valence-electron chi connectivity index (χ2n) is 7.86. The van der Waals surface area contributed by atoms with Crippen molar-refractivity contribution in [3.05, 3.63) is 77.6 Å². The van der Waals surface area contributed by atoms with Crippen molar-refractivity contribution in [3.63, 3.8) is 0 Å². The van der Waals surface area contributed by atoms with Crippen molar-refractivity contribution in [1.82, 2.24) is 15.0 Å². The van der Waals surface area contributed by atoms with E-state index in [0.717, 1.165) is 16.7 Å². The summed E-state index contributed by atoms with van der Waals surface area (Å²) in [6.07, 6.45) is 1.23. The van der Waals surface area contributed by atoms with Crippen LogP contribution in [-0.2, 0) is 9.68 Å². The van der Waals surface area contributed by atoms with Gasteiger partial charge in [0.05, 0.1) is 25.3 Å². The summed E-state index contributed by atoms with van der Waals surface area (Å²) in [6, 6.07) is 12.1. The highest BCUT2D eigenvalue weighted by Crippen LogP contribution is 2.36. The van der Waals surface area contributed by atoms with Gasteiger partial charge in [-0.05, 0) is 23.8 Å². The zero-order valence-corrected chi connectivity index (χ0v) is 17.9. The maximum Gasteiger partial charge on any atom is 0.432 e. The van der Waals surface area contributed by atoms with E-state index < -0.39 is 29.8 Å². The first-order valence-corrected chi connectivity index (χ1v) is 10.7. The second-order valence-corrected chi connectivity index (χ2v) is 7.86. The highest BCUT2D eigenvalue weighted by atomic mass is 19.2. The summed E-state index contributed by atoms with van der Waals surface area (Å²) in [4.78, 5) is 30.8. The number of nitrogens with one attached hydrogen (secondary N) is 1. The van der Waals surface area contributed by atoms with Crippen LogP contribution in [0.15, 0.2) is 54.9 Å². The highest BCUT2D eigenvalue weighted by molar-refractivity contribution is 5.65. The first-order chi connectivity index (χ1) is 16.5. The quantitative estimate of drug-likeness (QED) is 0.553. The van der Waals surface area contributed by atoms with Gasteiger partial charge in [0, 0.05) is 30.2 Å². The number of aromatic nitrogens is 2. The fourth-order valence-corrected chi connectivity index (χ4v) is 4.22. The summed E-state index contributed by atoms with van der Waals surface area (Å²) < 4.78 is 28.2. The Morgan fingerprint density at radius 2 is 1.82 bits per heavy atom. The van der Waals surface area contributed by atoms with Gasteiger partial charge in [-0.15, -0.1) is 0 Å². The van der Waals surface area contributed by atoms with E-state index in [2.05, 4.69) is 15.3 Å². The molecule has 3 heterocycles. The lowest BCUT2D eigenvalue weighted by Crippen LogP contribution is -2.27. The normalized spacial score (nSPS) is 20.1. The number of hydrogen-bond donors (Lipinski definition) is 2. The van der Waals surface area contributed by atoms with Crippen LogP contribution >= 0.6 is 0 Å². The number of hydrogen-bond acceptors (Lipinski definition) is 7. The minimum atomic E-state index is -1.14. The molecule has 11 heteroatoms. The van der Waals surface area contributed by atoms with Gasteiger partial charge < -0.3 is 10.4 Å². The number of anilines is 3. The first-order valence-electron chi connectivity index (χ1n) is 10.7. The lowest BCUT2D eigenvalue weighted by molar-refractivity contribution is -0.104. The molecule has 2 aromatic carbocycles. The number of amides is 1. The molecule has 5 rings (SSSR count). The summed E-state index contributed by atoms with van der Waals surface area (Å²) >= 11 is 0. The van der Waals surface area contributed by atoms with Gasteiger partial charge in [0.1, 0.15) is 12.1 Å². The van der Waals surface area contributed by atoms with E-state index in [1.165, 1.54) is 23.5 Å².